The van der Waals surface area contributed by atoms with Crippen LogP contribution < -0.4 is 33.9 Å². The van der Waals surface area contributed by atoms with Gasteiger partial charge >= 0.3 is 26.8 Å². The van der Waals surface area contributed by atoms with E-state index in [1.54, 1.807) is 6.20 Å². The molecule has 44 heavy (non-hydrogen) atoms. The molecule has 2 aliphatic carbocycles. The second-order valence-corrected chi connectivity index (χ2v) is 10.8. The van der Waals surface area contributed by atoms with Crippen LogP contribution in [0.1, 0.15) is 44.1 Å². The van der Waals surface area contributed by atoms with Crippen LogP contribution in [0.15, 0.2) is 77.7 Å². The Labute approximate surface area is 267 Å². The van der Waals surface area contributed by atoms with Gasteiger partial charge in [-0.05, 0) is 55.4 Å². The van der Waals surface area contributed by atoms with Crippen LogP contribution in [0.2, 0.25) is 0 Å². The summed E-state index contributed by atoms with van der Waals surface area (Å²) in [6.45, 7) is 0. The number of rotatable bonds is 5. The Kier molecular flexibility index (Phi) is 10.3. The normalized spacial score (nSPS) is 15.6. The molecular formula is C31H33N7O5Pt. The van der Waals surface area contributed by atoms with Crippen LogP contribution in [-0.4, -0.2) is 31.5 Å². The molecule has 0 radical (unpaired) electrons. The number of carboxylic acid groups (broad SMARTS) is 2. The van der Waals surface area contributed by atoms with E-state index in [0.717, 1.165) is 46.1 Å². The monoisotopic (exact) mass is 778 g/mol. The van der Waals surface area contributed by atoms with Gasteiger partial charge in [0, 0.05) is 33.7 Å². The summed E-state index contributed by atoms with van der Waals surface area (Å²) in [6, 6.07) is 22.6. The zero-order chi connectivity index (χ0) is 28.8. The minimum Gasteiger partial charge on any atom is -0.549 e. The summed E-state index contributed by atoms with van der Waals surface area (Å²) in [7, 11) is 0. The Morgan fingerprint density at radius 1 is 0.864 bits per heavy atom. The number of fused-ring (bicyclic) bond motifs is 3. The molecule has 0 amide bonds. The number of nitrogens with two attached hydrogens (primary N) is 1. The van der Waals surface area contributed by atoms with Crippen molar-refractivity contribution in [1.82, 2.24) is 31.9 Å². The predicted octanol–water partition coefficient (Wildman–Crippen LogP) is 2.22. The Balaban J connectivity index is 0.000000352. The summed E-state index contributed by atoms with van der Waals surface area (Å²) >= 11 is 0. The summed E-state index contributed by atoms with van der Waals surface area (Å²) in [6.07, 6.45) is 5.90. The molecule has 232 valence electrons. The molecule has 0 bridgehead atoms. The average Bonchev–Trinajstić information content (AvgIpc) is 3.32. The van der Waals surface area contributed by atoms with E-state index < -0.39 is 17.4 Å². The third-order valence-corrected chi connectivity index (χ3v) is 8.43. The van der Waals surface area contributed by atoms with E-state index in [-0.39, 0.29) is 57.4 Å². The van der Waals surface area contributed by atoms with Crippen molar-refractivity contribution in [3.63, 3.8) is 0 Å². The molecule has 0 spiro atoms. The van der Waals surface area contributed by atoms with Gasteiger partial charge in [0.15, 0.2) is 5.65 Å². The van der Waals surface area contributed by atoms with Gasteiger partial charge in [0.05, 0.1) is 23.1 Å². The topological polar surface area (TPSA) is 239 Å². The van der Waals surface area contributed by atoms with Crippen LogP contribution >= 0.6 is 0 Å². The van der Waals surface area contributed by atoms with E-state index in [4.69, 9.17) is 10.7 Å². The molecule has 3 heterocycles. The molecule has 0 atom stereocenters. The summed E-state index contributed by atoms with van der Waals surface area (Å²) in [5.41, 5.74) is 10.9. The van der Waals surface area contributed by atoms with E-state index in [0.29, 0.717) is 12.1 Å². The largest absolute Gasteiger partial charge is 2.00 e. The Morgan fingerprint density at radius 3 is 1.98 bits per heavy atom. The quantitative estimate of drug-likeness (QED) is 0.190. The van der Waals surface area contributed by atoms with Crippen molar-refractivity contribution in [2.75, 3.05) is 0 Å². The van der Waals surface area contributed by atoms with Gasteiger partial charge in [-0.15, -0.1) is 0 Å². The van der Waals surface area contributed by atoms with E-state index in [1.165, 1.54) is 16.4 Å². The SMILES string of the molecule is N.N.NC1(c2ccc(-c3nc4ccn5c(=O)[nH]nc5c4cc3-c3ccccc3)cc2)CCC1.O=C([O-])C1(C(=O)[O-])CCC1.[Pt+2]. The first-order valence-corrected chi connectivity index (χ1v) is 13.5. The molecule has 9 N–H and O–H groups in total. The molecule has 0 unspecified atom stereocenters. The molecule has 2 saturated carbocycles. The number of carbonyl (C=O) groups excluding carboxylic acids is 2. The number of hydrogen-bond acceptors (Lipinski definition) is 10. The fraction of sp³-hybridized carbons (Fsp3) is 0.258. The van der Waals surface area contributed by atoms with E-state index in [1.807, 2.05) is 24.3 Å². The van der Waals surface area contributed by atoms with Gasteiger partial charge in [0.1, 0.15) is 0 Å². The minimum atomic E-state index is -1.67. The minimum absolute atomic E-state index is 0. The number of aromatic nitrogens is 4. The number of pyridine rings is 2. The number of nitrogens with zero attached hydrogens (tertiary/aromatic N) is 3. The second-order valence-electron chi connectivity index (χ2n) is 10.8. The van der Waals surface area contributed by atoms with Gasteiger partial charge in [-0.25, -0.2) is 19.3 Å². The summed E-state index contributed by atoms with van der Waals surface area (Å²) in [4.78, 5) is 37.5. The number of aliphatic carboxylic acids is 2. The van der Waals surface area contributed by atoms with E-state index in [2.05, 4.69) is 52.7 Å². The standard InChI is InChI=1S/C25H21N5O.C6H8O4.2H3N.Pt/c26-25(12-4-13-25)18-9-7-17(8-10-18)22-19(16-5-2-1-3-6-16)15-20-21(27-22)11-14-30-23(20)28-29-24(30)31;7-4(8)6(5(9)10)2-1-3-6;;;/h1-3,5-11,14-15H,4,12-13,26H2,(H,29,31);1-3H2,(H,7,8)(H,9,10);2*1H3;/q;;;;+2/p-2. The summed E-state index contributed by atoms with van der Waals surface area (Å²) in [5, 5.41) is 28.0. The molecule has 5 aromatic rings. The van der Waals surface area contributed by atoms with Crippen molar-refractivity contribution >= 4 is 28.5 Å². The van der Waals surface area contributed by atoms with Crippen molar-refractivity contribution in [3.8, 4) is 22.4 Å². The fourth-order valence-corrected chi connectivity index (χ4v) is 5.50. The average molecular weight is 779 g/mol. The van der Waals surface area contributed by atoms with E-state index >= 15 is 0 Å². The van der Waals surface area contributed by atoms with Gasteiger partial charge in [0.25, 0.3) is 0 Å². The maximum atomic E-state index is 12.0. The third-order valence-electron chi connectivity index (χ3n) is 8.43. The first-order chi connectivity index (χ1) is 19.7. The Hall–Kier alpha value is -4.22. The van der Waals surface area contributed by atoms with Crippen molar-refractivity contribution in [3.05, 3.63) is 89.0 Å². The molecule has 0 saturated heterocycles. The molecule has 2 fully saturated rings. The summed E-state index contributed by atoms with van der Waals surface area (Å²) < 4.78 is 1.51. The van der Waals surface area contributed by atoms with Crippen LogP contribution in [0.4, 0.5) is 0 Å². The third kappa shape index (κ3) is 5.81. The van der Waals surface area contributed by atoms with Crippen molar-refractivity contribution in [2.45, 2.75) is 44.1 Å². The van der Waals surface area contributed by atoms with Crippen molar-refractivity contribution < 1.29 is 40.9 Å². The molecule has 2 aromatic carbocycles. The summed E-state index contributed by atoms with van der Waals surface area (Å²) in [5.74, 6) is -3.03. The van der Waals surface area contributed by atoms with Gasteiger partial charge in [-0.1, -0.05) is 61.0 Å². The first-order valence-electron chi connectivity index (χ1n) is 13.5. The van der Waals surface area contributed by atoms with Gasteiger partial charge in [-0.2, -0.15) is 5.10 Å². The first kappa shape index (κ1) is 34.3. The number of H-pyrrole nitrogens is 1. The van der Waals surface area contributed by atoms with Crippen LogP contribution in [-0.2, 0) is 36.2 Å². The molecular weight excluding hydrogens is 745 g/mol. The smallest absolute Gasteiger partial charge is 0.549 e. The number of carbonyl (C=O) groups is 2. The molecule has 12 nitrogen and oxygen atoms in total. The maximum absolute atomic E-state index is 12.0. The molecule has 2 aliphatic rings. The number of benzene rings is 2. The van der Waals surface area contributed by atoms with E-state index in [9.17, 15) is 24.6 Å². The number of aromatic amines is 1. The zero-order valence-electron chi connectivity index (χ0n) is 23.9. The Bertz CT molecular complexity index is 1830. The van der Waals surface area contributed by atoms with Crippen LogP contribution in [0.3, 0.4) is 0 Å². The van der Waals surface area contributed by atoms with Crippen molar-refractivity contribution in [1.29, 1.82) is 0 Å². The number of nitrogens with one attached hydrogen (secondary N) is 1. The number of hydrogen-bond donors (Lipinski definition) is 4. The van der Waals surface area contributed by atoms with Gasteiger partial charge < -0.3 is 37.8 Å². The van der Waals surface area contributed by atoms with Crippen LogP contribution in [0, 0.1) is 5.41 Å². The Morgan fingerprint density at radius 2 is 1.48 bits per heavy atom. The zero-order valence-corrected chi connectivity index (χ0v) is 26.1. The molecule has 3 aromatic heterocycles. The maximum Gasteiger partial charge on any atom is 2.00 e. The van der Waals surface area contributed by atoms with Crippen LogP contribution in [0.25, 0.3) is 38.9 Å². The molecule has 7 rings (SSSR count). The molecule has 0 aliphatic heterocycles. The molecule has 13 heteroatoms. The van der Waals surface area contributed by atoms with Crippen molar-refractivity contribution in [2.24, 2.45) is 11.1 Å². The van der Waals surface area contributed by atoms with Crippen LogP contribution in [0.5, 0.6) is 0 Å². The predicted molar refractivity (Wildman–Crippen MR) is 158 cm³/mol. The van der Waals surface area contributed by atoms with Gasteiger partial charge in [-0.3, -0.25) is 0 Å². The second kappa shape index (κ2) is 13.2. The fourth-order valence-electron chi connectivity index (χ4n) is 5.50. The van der Waals surface area contributed by atoms with Gasteiger partial charge in [0.2, 0.25) is 0 Å². The number of carboxylic acids is 2.